The normalized spacial score (nSPS) is 16.5. The van der Waals surface area contributed by atoms with E-state index in [1.165, 1.54) is 17.6 Å². The Morgan fingerprint density at radius 1 is 1.12 bits per heavy atom. The summed E-state index contributed by atoms with van der Waals surface area (Å²) in [6.45, 7) is 8.63. The van der Waals surface area contributed by atoms with Crippen LogP contribution in [0.1, 0.15) is 34.1 Å². The zero-order valence-corrected chi connectivity index (χ0v) is 11.8. The van der Waals surface area contributed by atoms with Gasteiger partial charge in [-0.05, 0) is 31.4 Å². The molecule has 1 nitrogen and oxygen atoms in total. The van der Waals surface area contributed by atoms with Crippen LogP contribution in [0.2, 0.25) is 0 Å². The van der Waals surface area contributed by atoms with Crippen molar-refractivity contribution in [2.24, 2.45) is 10.9 Å². The molecule has 1 unspecified atom stereocenters. The minimum Gasteiger partial charge on any atom is -0.297 e. The van der Waals surface area contributed by atoms with E-state index in [0.717, 1.165) is 0 Å². The van der Waals surface area contributed by atoms with E-state index in [4.69, 9.17) is 0 Å². The van der Waals surface area contributed by atoms with Crippen LogP contribution in [0.15, 0.2) is 52.6 Å². The van der Waals surface area contributed by atoms with E-state index in [-0.39, 0.29) is 0 Å². The second kappa shape index (κ2) is 9.83. The van der Waals surface area contributed by atoms with Crippen LogP contribution in [0.5, 0.6) is 0 Å². The van der Waals surface area contributed by atoms with Gasteiger partial charge >= 0.3 is 0 Å². The van der Waals surface area contributed by atoms with Gasteiger partial charge in [0.1, 0.15) is 0 Å². The number of nitrogens with zero attached hydrogens (tertiary/aromatic N) is 1. The molecule has 94 valence electrons. The molecule has 0 aromatic rings. The highest BCUT2D eigenvalue weighted by Gasteiger charge is 1.89. The summed E-state index contributed by atoms with van der Waals surface area (Å²) in [6, 6.07) is 0. The summed E-state index contributed by atoms with van der Waals surface area (Å²) in [5.41, 5.74) is 2.48. The van der Waals surface area contributed by atoms with Gasteiger partial charge < -0.3 is 0 Å². The molecule has 0 saturated heterocycles. The maximum Gasteiger partial charge on any atom is 0.0277 e. The van der Waals surface area contributed by atoms with E-state index in [1.807, 2.05) is 6.08 Å². The van der Waals surface area contributed by atoms with Crippen molar-refractivity contribution in [3.05, 3.63) is 47.6 Å². The fourth-order valence-corrected chi connectivity index (χ4v) is 1.11. The largest absolute Gasteiger partial charge is 0.297 e. The van der Waals surface area contributed by atoms with Crippen molar-refractivity contribution in [2.75, 3.05) is 7.05 Å². The summed E-state index contributed by atoms with van der Waals surface area (Å²) < 4.78 is 0. The second-order valence-electron chi connectivity index (χ2n) is 4.33. The van der Waals surface area contributed by atoms with Crippen LogP contribution in [0.25, 0.3) is 0 Å². The highest BCUT2D eigenvalue weighted by molar-refractivity contribution is 5.72. The predicted octanol–water partition coefficient (Wildman–Crippen LogP) is 4.74. The first-order valence-corrected chi connectivity index (χ1v) is 6.22. The van der Waals surface area contributed by atoms with E-state index in [9.17, 15) is 0 Å². The van der Waals surface area contributed by atoms with Crippen molar-refractivity contribution in [3.8, 4) is 0 Å². The van der Waals surface area contributed by atoms with Crippen molar-refractivity contribution in [1.82, 2.24) is 0 Å². The van der Waals surface area contributed by atoms with Gasteiger partial charge in [0.2, 0.25) is 0 Å². The van der Waals surface area contributed by atoms with Crippen LogP contribution < -0.4 is 0 Å². The molecule has 0 bridgehead atoms. The Morgan fingerprint density at radius 3 is 2.35 bits per heavy atom. The molecule has 0 N–H and O–H groups in total. The van der Waals surface area contributed by atoms with Crippen molar-refractivity contribution in [3.63, 3.8) is 0 Å². The molecule has 0 rings (SSSR count). The molecular formula is C16H25N. The van der Waals surface area contributed by atoms with Gasteiger partial charge in [0.25, 0.3) is 0 Å². The number of allylic oxidation sites excluding steroid dienone is 8. The van der Waals surface area contributed by atoms with Crippen molar-refractivity contribution < 1.29 is 0 Å². The Kier molecular flexibility index (Phi) is 9.04. The first-order chi connectivity index (χ1) is 8.10. The van der Waals surface area contributed by atoms with E-state index in [1.54, 1.807) is 13.3 Å². The topological polar surface area (TPSA) is 12.4 Å². The molecular weight excluding hydrogens is 206 g/mol. The van der Waals surface area contributed by atoms with Gasteiger partial charge in [-0.1, -0.05) is 56.2 Å². The lowest BCUT2D eigenvalue weighted by molar-refractivity contribution is 0.698. The van der Waals surface area contributed by atoms with Gasteiger partial charge in [0.15, 0.2) is 0 Å². The van der Waals surface area contributed by atoms with E-state index in [0.29, 0.717) is 5.92 Å². The standard InChI is InChI=1S/C16H25N/c1-6-14(2)10-11-15(3)8-7-9-16(4)12-13-17-5/h7-14H,6H2,1-5H3/b9-7+,11-10+,15-8+,16-12+,17-13?. The third-order valence-electron chi connectivity index (χ3n) is 2.54. The lowest BCUT2D eigenvalue weighted by Crippen LogP contribution is -1.83. The van der Waals surface area contributed by atoms with Crippen LogP contribution in [0.3, 0.4) is 0 Å². The monoisotopic (exact) mass is 231 g/mol. The molecule has 1 atom stereocenters. The Morgan fingerprint density at radius 2 is 1.76 bits per heavy atom. The maximum absolute atomic E-state index is 3.92. The molecule has 0 spiro atoms. The summed E-state index contributed by atoms with van der Waals surface area (Å²) in [5.74, 6) is 0.657. The molecule has 0 fully saturated rings. The molecule has 0 aromatic carbocycles. The van der Waals surface area contributed by atoms with Crippen LogP contribution >= 0.6 is 0 Å². The predicted molar refractivity (Wildman–Crippen MR) is 79.7 cm³/mol. The van der Waals surface area contributed by atoms with E-state index >= 15 is 0 Å². The van der Waals surface area contributed by atoms with Crippen LogP contribution in [0.4, 0.5) is 0 Å². The lowest BCUT2D eigenvalue weighted by Gasteiger charge is -1.98. The molecule has 0 aromatic heterocycles. The highest BCUT2D eigenvalue weighted by atomic mass is 14.6. The minimum atomic E-state index is 0.657. The van der Waals surface area contributed by atoms with Crippen LogP contribution in [-0.2, 0) is 0 Å². The van der Waals surface area contributed by atoms with Crippen molar-refractivity contribution in [1.29, 1.82) is 0 Å². The van der Waals surface area contributed by atoms with Crippen LogP contribution in [-0.4, -0.2) is 13.3 Å². The zero-order chi connectivity index (χ0) is 13.1. The summed E-state index contributed by atoms with van der Waals surface area (Å²) in [6.07, 6.45) is 15.7. The smallest absolute Gasteiger partial charge is 0.0277 e. The number of hydrogen-bond donors (Lipinski definition) is 0. The summed E-state index contributed by atoms with van der Waals surface area (Å²) in [7, 11) is 1.78. The molecule has 0 radical (unpaired) electrons. The Labute approximate surface area is 106 Å². The van der Waals surface area contributed by atoms with Gasteiger partial charge in [-0.2, -0.15) is 0 Å². The molecule has 0 amide bonds. The Hall–Kier alpha value is -1.37. The molecule has 0 aliphatic carbocycles. The molecule has 0 heterocycles. The van der Waals surface area contributed by atoms with Crippen molar-refractivity contribution >= 4 is 6.21 Å². The second-order valence-corrected chi connectivity index (χ2v) is 4.33. The number of aliphatic imine (C=N–C) groups is 1. The average molecular weight is 231 g/mol. The van der Waals surface area contributed by atoms with Gasteiger partial charge in [-0.25, -0.2) is 0 Å². The fourth-order valence-electron chi connectivity index (χ4n) is 1.11. The highest BCUT2D eigenvalue weighted by Crippen LogP contribution is 2.05. The molecule has 0 aliphatic rings. The Bertz CT molecular complexity index is 341. The van der Waals surface area contributed by atoms with Gasteiger partial charge in [-0.3, -0.25) is 4.99 Å². The molecule has 17 heavy (non-hydrogen) atoms. The van der Waals surface area contributed by atoms with Gasteiger partial charge in [-0.15, -0.1) is 0 Å². The van der Waals surface area contributed by atoms with Crippen LogP contribution in [0, 0.1) is 5.92 Å². The Balaban J connectivity index is 4.32. The molecule has 0 aliphatic heterocycles. The molecule has 0 saturated carbocycles. The van der Waals surface area contributed by atoms with E-state index in [2.05, 4.69) is 63.1 Å². The third-order valence-corrected chi connectivity index (χ3v) is 2.54. The van der Waals surface area contributed by atoms with Crippen molar-refractivity contribution in [2.45, 2.75) is 34.1 Å². The summed E-state index contributed by atoms with van der Waals surface area (Å²) in [4.78, 5) is 3.92. The average Bonchev–Trinajstić information content (AvgIpc) is 2.33. The number of hydrogen-bond acceptors (Lipinski definition) is 1. The van der Waals surface area contributed by atoms with Gasteiger partial charge in [0.05, 0.1) is 0 Å². The quantitative estimate of drug-likeness (QED) is 0.462. The zero-order valence-electron chi connectivity index (χ0n) is 11.8. The number of rotatable bonds is 6. The first-order valence-electron chi connectivity index (χ1n) is 6.22. The maximum atomic E-state index is 3.92. The summed E-state index contributed by atoms with van der Waals surface area (Å²) in [5, 5.41) is 0. The summed E-state index contributed by atoms with van der Waals surface area (Å²) >= 11 is 0. The molecule has 1 heteroatoms. The fraction of sp³-hybridized carbons (Fsp3) is 0.438. The minimum absolute atomic E-state index is 0.657. The SMILES string of the molecule is CCC(C)/C=C/C(C)=C/C=C/C(C)=C/C=NC. The lowest BCUT2D eigenvalue weighted by atomic mass is 10.1. The first kappa shape index (κ1) is 15.6. The van der Waals surface area contributed by atoms with E-state index < -0.39 is 0 Å². The third kappa shape index (κ3) is 9.55. The van der Waals surface area contributed by atoms with Gasteiger partial charge in [0, 0.05) is 13.3 Å².